The zero-order valence-electron chi connectivity index (χ0n) is 16.2. The predicted molar refractivity (Wildman–Crippen MR) is 108 cm³/mol. The number of nitrogens with zero attached hydrogens (tertiary/aromatic N) is 1. The Morgan fingerprint density at radius 1 is 1.18 bits per heavy atom. The van der Waals surface area contributed by atoms with E-state index in [0.717, 1.165) is 24.9 Å². The molecule has 1 heterocycles. The summed E-state index contributed by atoms with van der Waals surface area (Å²) >= 11 is 0. The summed E-state index contributed by atoms with van der Waals surface area (Å²) in [5.74, 6) is 0.277. The van der Waals surface area contributed by atoms with Crippen LogP contribution in [0.15, 0.2) is 48.5 Å². The summed E-state index contributed by atoms with van der Waals surface area (Å²) in [6.07, 6.45) is 3.31. The number of nitrogens with one attached hydrogen (secondary N) is 1. The highest BCUT2D eigenvalue weighted by atomic mass is 16.5. The molecule has 2 aromatic rings. The molecule has 2 atom stereocenters. The maximum Gasteiger partial charge on any atom is 0.227 e. The van der Waals surface area contributed by atoms with Gasteiger partial charge in [-0.05, 0) is 49.4 Å². The van der Waals surface area contributed by atoms with Crippen LogP contribution in [0.25, 0.3) is 0 Å². The summed E-state index contributed by atoms with van der Waals surface area (Å²) in [7, 11) is 0. The van der Waals surface area contributed by atoms with Crippen molar-refractivity contribution in [1.82, 2.24) is 5.32 Å². The standard InChI is InChI=1S/C23H26N2O3/c1-2-28-21-13-6-5-12-20(21)25-15-17(14-22(25)26)23(27)24-19-11-7-9-16-8-3-4-10-18(16)19/h3-6,8,10,12-13,17,19H,2,7,9,11,14-15H2,1H3,(H,24,27). The molecule has 1 fully saturated rings. The molecular weight excluding hydrogens is 352 g/mol. The molecule has 2 aromatic carbocycles. The number of hydrogen-bond acceptors (Lipinski definition) is 3. The predicted octanol–water partition coefficient (Wildman–Crippen LogP) is 3.63. The quantitative estimate of drug-likeness (QED) is 0.864. The first-order valence-electron chi connectivity index (χ1n) is 10.1. The van der Waals surface area contributed by atoms with Crippen LogP contribution in [0.1, 0.15) is 43.4 Å². The molecule has 1 aliphatic heterocycles. The van der Waals surface area contributed by atoms with E-state index in [0.29, 0.717) is 18.9 Å². The molecule has 4 rings (SSSR count). The maximum atomic E-state index is 12.9. The van der Waals surface area contributed by atoms with Gasteiger partial charge in [0.05, 0.1) is 24.3 Å². The van der Waals surface area contributed by atoms with Crippen molar-refractivity contribution >= 4 is 17.5 Å². The largest absolute Gasteiger partial charge is 0.492 e. The van der Waals surface area contributed by atoms with Crippen LogP contribution < -0.4 is 15.0 Å². The van der Waals surface area contributed by atoms with Crippen molar-refractivity contribution in [2.75, 3.05) is 18.1 Å². The van der Waals surface area contributed by atoms with Gasteiger partial charge in [-0.25, -0.2) is 0 Å². The first-order chi connectivity index (χ1) is 13.7. The molecule has 0 aromatic heterocycles. The van der Waals surface area contributed by atoms with Crippen LogP contribution >= 0.6 is 0 Å². The fourth-order valence-electron chi connectivity index (χ4n) is 4.27. The molecule has 0 saturated carbocycles. The van der Waals surface area contributed by atoms with Gasteiger partial charge in [-0.15, -0.1) is 0 Å². The summed E-state index contributed by atoms with van der Waals surface area (Å²) < 4.78 is 5.66. The SMILES string of the molecule is CCOc1ccccc1N1CC(C(=O)NC2CCCc3ccccc32)CC1=O. The van der Waals surface area contributed by atoms with E-state index in [4.69, 9.17) is 4.74 Å². The second-order valence-corrected chi connectivity index (χ2v) is 7.46. The van der Waals surface area contributed by atoms with Crippen molar-refractivity contribution in [2.45, 2.75) is 38.6 Å². The molecule has 2 unspecified atom stereocenters. The van der Waals surface area contributed by atoms with Crippen LogP contribution in [0, 0.1) is 5.92 Å². The summed E-state index contributed by atoms with van der Waals surface area (Å²) in [6, 6.07) is 15.9. The lowest BCUT2D eigenvalue weighted by Gasteiger charge is -2.27. The Bertz CT molecular complexity index is 880. The van der Waals surface area contributed by atoms with Gasteiger partial charge in [-0.2, -0.15) is 0 Å². The first-order valence-corrected chi connectivity index (χ1v) is 10.1. The van der Waals surface area contributed by atoms with Crippen molar-refractivity contribution in [3.63, 3.8) is 0 Å². The molecule has 1 aliphatic carbocycles. The van der Waals surface area contributed by atoms with E-state index in [1.54, 1.807) is 4.90 Å². The van der Waals surface area contributed by atoms with E-state index in [-0.39, 0.29) is 30.2 Å². The van der Waals surface area contributed by atoms with Crippen LogP contribution in [0.4, 0.5) is 5.69 Å². The molecule has 5 nitrogen and oxygen atoms in total. The van der Waals surface area contributed by atoms with Gasteiger partial charge in [-0.1, -0.05) is 36.4 Å². The third-order valence-corrected chi connectivity index (χ3v) is 5.64. The molecule has 1 N–H and O–H groups in total. The number of amides is 2. The summed E-state index contributed by atoms with van der Waals surface area (Å²) in [4.78, 5) is 27.2. The summed E-state index contributed by atoms with van der Waals surface area (Å²) in [5, 5.41) is 3.20. The minimum Gasteiger partial charge on any atom is -0.492 e. The summed E-state index contributed by atoms with van der Waals surface area (Å²) in [5.41, 5.74) is 3.27. The van der Waals surface area contributed by atoms with Crippen LogP contribution in [0.5, 0.6) is 5.75 Å². The van der Waals surface area contributed by atoms with Gasteiger partial charge >= 0.3 is 0 Å². The number of fused-ring (bicyclic) bond motifs is 1. The fraction of sp³-hybridized carbons (Fsp3) is 0.391. The van der Waals surface area contributed by atoms with E-state index in [1.807, 2.05) is 43.3 Å². The van der Waals surface area contributed by atoms with Crippen molar-refractivity contribution < 1.29 is 14.3 Å². The van der Waals surface area contributed by atoms with E-state index >= 15 is 0 Å². The van der Waals surface area contributed by atoms with Crippen LogP contribution in [-0.4, -0.2) is 25.0 Å². The molecule has 28 heavy (non-hydrogen) atoms. The van der Waals surface area contributed by atoms with E-state index < -0.39 is 0 Å². The topological polar surface area (TPSA) is 58.6 Å². The summed E-state index contributed by atoms with van der Waals surface area (Å²) in [6.45, 7) is 2.84. The Kier molecular flexibility index (Phi) is 5.33. The highest BCUT2D eigenvalue weighted by molar-refractivity contribution is 6.01. The van der Waals surface area contributed by atoms with Gasteiger partial charge in [0, 0.05) is 13.0 Å². The molecule has 2 aliphatic rings. The Balaban J connectivity index is 1.47. The van der Waals surface area contributed by atoms with E-state index in [2.05, 4.69) is 17.4 Å². The molecule has 5 heteroatoms. The lowest BCUT2D eigenvalue weighted by atomic mass is 9.87. The van der Waals surface area contributed by atoms with Crippen molar-refractivity contribution in [3.8, 4) is 5.75 Å². The number of carbonyl (C=O) groups is 2. The monoisotopic (exact) mass is 378 g/mol. The average Bonchev–Trinajstić information content (AvgIpc) is 3.11. The lowest BCUT2D eigenvalue weighted by Crippen LogP contribution is -2.36. The van der Waals surface area contributed by atoms with Crippen LogP contribution in [-0.2, 0) is 16.0 Å². The maximum absolute atomic E-state index is 12.9. The minimum absolute atomic E-state index is 0.0312. The van der Waals surface area contributed by atoms with Crippen molar-refractivity contribution in [2.24, 2.45) is 5.92 Å². The van der Waals surface area contributed by atoms with E-state index in [1.165, 1.54) is 11.1 Å². The van der Waals surface area contributed by atoms with Gasteiger partial charge in [0.25, 0.3) is 0 Å². The number of rotatable bonds is 5. The molecule has 0 bridgehead atoms. The molecule has 0 spiro atoms. The zero-order chi connectivity index (χ0) is 19.5. The number of anilines is 1. The minimum atomic E-state index is -0.337. The number of para-hydroxylation sites is 2. The van der Waals surface area contributed by atoms with Gasteiger partial charge in [-0.3, -0.25) is 9.59 Å². The molecule has 1 saturated heterocycles. The second kappa shape index (κ2) is 8.05. The normalized spacial score (nSPS) is 21.3. The zero-order valence-corrected chi connectivity index (χ0v) is 16.2. The van der Waals surface area contributed by atoms with E-state index in [9.17, 15) is 9.59 Å². The number of aryl methyl sites for hydroxylation is 1. The number of hydrogen-bond donors (Lipinski definition) is 1. The second-order valence-electron chi connectivity index (χ2n) is 7.46. The Morgan fingerprint density at radius 3 is 2.82 bits per heavy atom. The average molecular weight is 378 g/mol. The Morgan fingerprint density at radius 2 is 1.96 bits per heavy atom. The first kappa shape index (κ1) is 18.5. The van der Waals surface area contributed by atoms with Crippen molar-refractivity contribution in [1.29, 1.82) is 0 Å². The number of ether oxygens (including phenoxy) is 1. The smallest absolute Gasteiger partial charge is 0.227 e. The third kappa shape index (κ3) is 3.61. The number of carbonyl (C=O) groups excluding carboxylic acids is 2. The van der Waals surface area contributed by atoms with Gasteiger partial charge in [0.2, 0.25) is 11.8 Å². The Hall–Kier alpha value is -2.82. The highest BCUT2D eigenvalue weighted by Crippen LogP contribution is 2.34. The lowest BCUT2D eigenvalue weighted by molar-refractivity contribution is -0.127. The fourth-order valence-corrected chi connectivity index (χ4v) is 4.27. The van der Waals surface area contributed by atoms with Crippen LogP contribution in [0.3, 0.4) is 0 Å². The van der Waals surface area contributed by atoms with Crippen molar-refractivity contribution in [3.05, 3.63) is 59.7 Å². The molecule has 146 valence electrons. The number of benzene rings is 2. The molecule has 2 amide bonds. The molecular formula is C23H26N2O3. The highest BCUT2D eigenvalue weighted by Gasteiger charge is 2.37. The van der Waals surface area contributed by atoms with Gasteiger partial charge < -0.3 is 15.0 Å². The van der Waals surface area contributed by atoms with Crippen LogP contribution in [0.2, 0.25) is 0 Å². The van der Waals surface area contributed by atoms with Gasteiger partial charge in [0.15, 0.2) is 0 Å². The van der Waals surface area contributed by atoms with Gasteiger partial charge in [0.1, 0.15) is 5.75 Å². The molecule has 0 radical (unpaired) electrons. The Labute approximate surface area is 165 Å². The third-order valence-electron chi connectivity index (χ3n) is 5.64.